The predicted octanol–water partition coefficient (Wildman–Crippen LogP) is 0.816. The van der Waals surface area contributed by atoms with E-state index in [-0.39, 0.29) is 0 Å². The molecule has 0 fully saturated rings. The van der Waals surface area contributed by atoms with Gasteiger partial charge in [0.2, 0.25) is 9.04 Å². The summed E-state index contributed by atoms with van der Waals surface area (Å²) in [5, 5.41) is 0. The molecule has 0 heterocycles. The van der Waals surface area contributed by atoms with Crippen molar-refractivity contribution in [2.24, 2.45) is 0 Å². The maximum Gasteiger partial charge on any atom is 0.204 e. The Hall–Kier alpha value is 0.137. The molecule has 0 aromatic carbocycles. The van der Waals surface area contributed by atoms with Crippen LogP contribution in [0.3, 0.4) is 0 Å². The number of likely N-dealkylation sites (N-methyl/N-ethyl adjacent to an activating group) is 1. The van der Waals surface area contributed by atoms with Crippen LogP contribution in [0.25, 0.3) is 0 Å². The summed E-state index contributed by atoms with van der Waals surface area (Å²) in [5.41, 5.74) is 0. The lowest BCUT2D eigenvalue weighted by Gasteiger charge is -2.10. The van der Waals surface area contributed by atoms with E-state index in [9.17, 15) is 0 Å². The fourth-order valence-corrected chi connectivity index (χ4v) is 0.932. The fourth-order valence-electron chi connectivity index (χ4n) is 0.432. The van der Waals surface area contributed by atoms with Crippen molar-refractivity contribution in [1.82, 2.24) is 4.90 Å². The first-order valence-corrected chi connectivity index (χ1v) is 5.61. The Labute approximate surface area is 59.5 Å². The molecule has 0 bridgehead atoms. The quantitative estimate of drug-likeness (QED) is 0.544. The molecule has 0 aliphatic rings. The van der Waals surface area contributed by atoms with E-state index in [1.807, 2.05) is 0 Å². The summed E-state index contributed by atoms with van der Waals surface area (Å²) in [7, 11) is 3.66. The molecule has 0 amide bonds. The first-order valence-electron chi connectivity index (χ1n) is 3.20. The first kappa shape index (κ1) is 9.14. The molecule has 0 spiro atoms. The summed E-state index contributed by atoms with van der Waals surface area (Å²) in [6.45, 7) is 6.23. The van der Waals surface area contributed by atoms with Gasteiger partial charge in [0.1, 0.15) is 0 Å². The molecule has 55 valence electrons. The van der Waals surface area contributed by atoms with E-state index in [0.717, 1.165) is 13.2 Å². The third-order valence-corrected chi connectivity index (χ3v) is 1.71. The zero-order chi connectivity index (χ0) is 7.28. The lowest BCUT2D eigenvalue weighted by molar-refractivity contribution is 0.265. The van der Waals surface area contributed by atoms with Crippen LogP contribution in [0.5, 0.6) is 0 Å². The lowest BCUT2D eigenvalue weighted by Crippen LogP contribution is -2.21. The van der Waals surface area contributed by atoms with Gasteiger partial charge in [-0.05, 0) is 27.2 Å². The Morgan fingerprint density at radius 1 is 1.33 bits per heavy atom. The van der Waals surface area contributed by atoms with Crippen LogP contribution in [0.2, 0.25) is 13.1 Å². The molecule has 0 saturated carbocycles. The highest BCUT2D eigenvalue weighted by molar-refractivity contribution is 6.48. The van der Waals surface area contributed by atoms with Crippen LogP contribution in [0.4, 0.5) is 0 Å². The van der Waals surface area contributed by atoms with Crippen LogP contribution >= 0.6 is 0 Å². The van der Waals surface area contributed by atoms with Crippen LogP contribution in [-0.4, -0.2) is 41.2 Å². The van der Waals surface area contributed by atoms with Crippen molar-refractivity contribution in [2.75, 3.05) is 27.2 Å². The Kier molecular flexibility index (Phi) is 5.04. The van der Waals surface area contributed by atoms with Crippen molar-refractivity contribution in [2.45, 2.75) is 13.1 Å². The normalized spacial score (nSPS) is 11.3. The second-order valence-electron chi connectivity index (χ2n) is 2.56. The van der Waals surface area contributed by atoms with Gasteiger partial charge in [-0.25, -0.2) is 0 Å². The van der Waals surface area contributed by atoms with Crippen LogP contribution < -0.4 is 0 Å². The van der Waals surface area contributed by atoms with Crippen molar-refractivity contribution >= 4 is 9.04 Å². The fraction of sp³-hybridized carbons (Fsp3) is 1.00. The van der Waals surface area contributed by atoms with E-state index in [2.05, 4.69) is 32.1 Å². The zero-order valence-electron chi connectivity index (χ0n) is 6.77. The molecule has 3 heteroatoms. The Morgan fingerprint density at radius 2 is 1.89 bits per heavy atom. The molecule has 9 heavy (non-hydrogen) atoms. The van der Waals surface area contributed by atoms with Gasteiger partial charge in [0.25, 0.3) is 0 Å². The molecule has 0 saturated heterocycles. The maximum atomic E-state index is 5.41. The van der Waals surface area contributed by atoms with Gasteiger partial charge >= 0.3 is 0 Å². The largest absolute Gasteiger partial charge is 0.416 e. The third kappa shape index (κ3) is 8.14. The molecule has 0 aliphatic carbocycles. The highest BCUT2D eigenvalue weighted by Crippen LogP contribution is 1.83. The third-order valence-electron chi connectivity index (χ3n) is 0.929. The highest BCUT2D eigenvalue weighted by Gasteiger charge is 1.95. The van der Waals surface area contributed by atoms with Gasteiger partial charge in [-0.3, -0.25) is 0 Å². The van der Waals surface area contributed by atoms with Crippen LogP contribution in [0.1, 0.15) is 0 Å². The van der Waals surface area contributed by atoms with Crippen molar-refractivity contribution < 1.29 is 4.43 Å². The van der Waals surface area contributed by atoms with Crippen molar-refractivity contribution in [3.05, 3.63) is 0 Å². The molecule has 0 rings (SSSR count). The monoisotopic (exact) mass is 146 g/mol. The average molecular weight is 146 g/mol. The molecule has 0 unspecified atom stereocenters. The maximum absolute atomic E-state index is 5.41. The Bertz CT molecular complexity index is 58.1. The number of hydrogen-bond donors (Lipinski definition) is 0. The molecular formula is C6H16NOSi. The molecule has 0 aliphatic heterocycles. The summed E-state index contributed by atoms with van der Waals surface area (Å²) >= 11 is 0. The van der Waals surface area contributed by atoms with E-state index in [4.69, 9.17) is 4.43 Å². The smallest absolute Gasteiger partial charge is 0.204 e. The minimum atomic E-state index is -0.457. The standard InChI is InChI=1S/C6H16NOSi/c1-7(2)5-6-8-9(3)4/h5-6H2,1-4H3. The summed E-state index contributed by atoms with van der Waals surface area (Å²) in [5.74, 6) is 0. The van der Waals surface area contributed by atoms with E-state index in [1.165, 1.54) is 0 Å². The molecule has 2 nitrogen and oxygen atoms in total. The van der Waals surface area contributed by atoms with Crippen molar-refractivity contribution in [3.8, 4) is 0 Å². The zero-order valence-corrected chi connectivity index (χ0v) is 7.77. The van der Waals surface area contributed by atoms with Crippen LogP contribution in [0, 0.1) is 0 Å². The number of hydrogen-bond acceptors (Lipinski definition) is 2. The topological polar surface area (TPSA) is 12.5 Å². The van der Waals surface area contributed by atoms with Gasteiger partial charge < -0.3 is 9.33 Å². The van der Waals surface area contributed by atoms with E-state index >= 15 is 0 Å². The molecule has 0 atom stereocenters. The average Bonchev–Trinajstić information content (AvgIpc) is 1.63. The Morgan fingerprint density at radius 3 is 2.22 bits per heavy atom. The van der Waals surface area contributed by atoms with Gasteiger partial charge in [-0.2, -0.15) is 0 Å². The van der Waals surface area contributed by atoms with E-state index in [1.54, 1.807) is 0 Å². The predicted molar refractivity (Wildman–Crippen MR) is 42.0 cm³/mol. The Balaban J connectivity index is 2.91. The first-order chi connectivity index (χ1) is 4.13. The van der Waals surface area contributed by atoms with Gasteiger partial charge in [0, 0.05) is 13.2 Å². The van der Waals surface area contributed by atoms with Crippen molar-refractivity contribution in [1.29, 1.82) is 0 Å². The lowest BCUT2D eigenvalue weighted by atomic mass is 10.6. The second kappa shape index (κ2) is 4.96. The highest BCUT2D eigenvalue weighted by atomic mass is 28.3. The van der Waals surface area contributed by atoms with Gasteiger partial charge in [0.15, 0.2) is 0 Å². The van der Waals surface area contributed by atoms with Crippen LogP contribution in [-0.2, 0) is 4.43 Å². The number of nitrogens with zero attached hydrogens (tertiary/aromatic N) is 1. The van der Waals surface area contributed by atoms with Gasteiger partial charge in [0.05, 0.1) is 0 Å². The second-order valence-corrected chi connectivity index (χ2v) is 4.67. The van der Waals surface area contributed by atoms with Gasteiger partial charge in [-0.1, -0.05) is 0 Å². The minimum Gasteiger partial charge on any atom is -0.416 e. The SMILES string of the molecule is CN(C)CCO[Si](C)C. The molecule has 1 radical (unpaired) electrons. The van der Waals surface area contributed by atoms with Gasteiger partial charge in [-0.15, -0.1) is 0 Å². The molecular weight excluding hydrogens is 130 g/mol. The molecule has 0 aromatic heterocycles. The molecule has 0 aromatic rings. The van der Waals surface area contributed by atoms with E-state index < -0.39 is 9.04 Å². The summed E-state index contributed by atoms with van der Waals surface area (Å²) in [6, 6.07) is 0. The van der Waals surface area contributed by atoms with E-state index in [0.29, 0.717) is 0 Å². The summed E-state index contributed by atoms with van der Waals surface area (Å²) in [4.78, 5) is 2.13. The van der Waals surface area contributed by atoms with Crippen LogP contribution in [0.15, 0.2) is 0 Å². The summed E-state index contributed by atoms with van der Waals surface area (Å²) < 4.78 is 5.41. The molecule has 0 N–H and O–H groups in total. The number of rotatable bonds is 4. The minimum absolute atomic E-state index is 0.457. The summed E-state index contributed by atoms with van der Waals surface area (Å²) in [6.07, 6.45) is 0. The van der Waals surface area contributed by atoms with Crippen molar-refractivity contribution in [3.63, 3.8) is 0 Å².